The van der Waals surface area contributed by atoms with Gasteiger partial charge in [-0.15, -0.1) is 0 Å². The Bertz CT molecular complexity index is 2890. The number of phenolic OH excluding ortho intramolecular Hbond substituents is 1. The van der Waals surface area contributed by atoms with Crippen molar-refractivity contribution in [2.45, 2.75) is 51.1 Å². The fourth-order valence-corrected chi connectivity index (χ4v) is 8.38. The number of hydrogen-bond acceptors (Lipinski definition) is 18. The zero-order valence-corrected chi connectivity index (χ0v) is 47.5. The molecule has 85 heavy (non-hydrogen) atoms. The molecule has 0 saturated heterocycles. The third kappa shape index (κ3) is 26.7. The van der Waals surface area contributed by atoms with Gasteiger partial charge in [0.25, 0.3) is 10.9 Å². The number of phenols is 1. The van der Waals surface area contributed by atoms with Gasteiger partial charge in [-0.3, -0.25) is 53.0 Å². The summed E-state index contributed by atoms with van der Waals surface area (Å²) >= 11 is 0. The topological polar surface area (TPSA) is 429 Å². The number of carboxylic acids is 3. The maximum Gasteiger partial charge on any atom is 0.344 e. The molecule has 0 fully saturated rings. The smallest absolute Gasteiger partial charge is 0.344 e. The number of guanidine groups is 1. The summed E-state index contributed by atoms with van der Waals surface area (Å²) in [6.07, 6.45) is 1.34. The van der Waals surface area contributed by atoms with E-state index in [0.29, 0.717) is 43.5 Å². The average Bonchev–Trinajstić information content (AvgIpc) is 3.49. The van der Waals surface area contributed by atoms with Crippen molar-refractivity contribution in [2.24, 2.45) is 10.7 Å². The van der Waals surface area contributed by atoms with Crippen molar-refractivity contribution in [2.75, 3.05) is 127 Å². The van der Waals surface area contributed by atoms with E-state index in [1.165, 1.54) is 12.1 Å². The SMILES string of the molecule is CCC(=O)NCCNC(=O)/N=C(/N)NCCC[C@@H](NC(=O)C(c1ccccc1)c1ccc(NCCCNc2c(NCCNC(=O)CNCCN(CCN(CCNCC(=O)O)CC(=O)O)CC(=O)O)c(=O)c2=O)cc1)C(=O)NCc1ccc(O)cc1. The Morgan fingerprint density at radius 3 is 1.73 bits per heavy atom. The summed E-state index contributed by atoms with van der Waals surface area (Å²) in [7, 11) is 0. The predicted molar refractivity (Wildman–Crippen MR) is 318 cm³/mol. The molecule has 4 rings (SSSR count). The minimum atomic E-state index is -1.09. The summed E-state index contributed by atoms with van der Waals surface area (Å²) in [6, 6.07) is 20.9. The van der Waals surface area contributed by atoms with E-state index in [1.54, 1.807) is 41.0 Å². The zero-order valence-electron chi connectivity index (χ0n) is 47.5. The molecule has 4 aromatic rings. The van der Waals surface area contributed by atoms with Gasteiger partial charge in [0.15, 0.2) is 5.96 Å². The Labute approximate surface area is 491 Å². The van der Waals surface area contributed by atoms with Crippen molar-refractivity contribution >= 4 is 70.6 Å². The third-order valence-corrected chi connectivity index (χ3v) is 12.8. The van der Waals surface area contributed by atoms with Gasteiger partial charge in [0.2, 0.25) is 23.6 Å². The van der Waals surface area contributed by atoms with E-state index in [1.807, 2.05) is 42.5 Å². The van der Waals surface area contributed by atoms with Crippen molar-refractivity contribution in [3.8, 4) is 5.75 Å². The molecule has 0 spiro atoms. The van der Waals surface area contributed by atoms with Gasteiger partial charge in [-0.1, -0.05) is 61.5 Å². The van der Waals surface area contributed by atoms with Gasteiger partial charge < -0.3 is 84.6 Å². The van der Waals surface area contributed by atoms with Crippen LogP contribution in [-0.4, -0.2) is 201 Å². The third-order valence-electron chi connectivity index (χ3n) is 12.8. The highest BCUT2D eigenvalue weighted by Crippen LogP contribution is 2.27. The molecule has 6 amide bonds. The molecule has 0 aliphatic rings. The summed E-state index contributed by atoms with van der Waals surface area (Å²) in [5.41, 5.74) is 7.59. The lowest BCUT2D eigenvalue weighted by Crippen LogP contribution is -2.48. The first-order chi connectivity index (χ1) is 40.8. The van der Waals surface area contributed by atoms with Gasteiger partial charge in [0.1, 0.15) is 23.2 Å². The van der Waals surface area contributed by atoms with Gasteiger partial charge in [-0.05, 0) is 60.2 Å². The number of aliphatic carboxylic acids is 3. The van der Waals surface area contributed by atoms with Crippen LogP contribution < -0.4 is 75.1 Å². The fourth-order valence-electron chi connectivity index (χ4n) is 8.38. The van der Waals surface area contributed by atoms with Crippen LogP contribution in [0.5, 0.6) is 5.75 Å². The van der Waals surface area contributed by atoms with E-state index in [-0.39, 0.29) is 146 Å². The lowest BCUT2D eigenvalue weighted by atomic mass is 9.90. The maximum atomic E-state index is 14.4. The Morgan fingerprint density at radius 1 is 0.553 bits per heavy atom. The summed E-state index contributed by atoms with van der Waals surface area (Å²) in [6.45, 7) is 3.75. The molecule has 0 bridgehead atoms. The standard InChI is InChI=1S/C56H79N15O14/c1-2-43(73)61-23-25-66-56(85)69-55(57)65-19-6-10-42(53(83)67-32-37-11-17-41(72)18-12-37)68-54(84)48(38-8-4-3-5-9-38)39-13-15-40(16-14-39)60-20-7-21-63-49-50(52(82)51(49)81)64-24-22-62-44(74)33-58-26-28-70(35-46(77)78)30-31-71(36-47(79)80)29-27-59-34-45(75)76/h3-5,8-9,11-18,42,48,58-60,63-64,72H,2,6-7,10,19-36H2,1H3,(H,61,73)(H,62,74)(H,67,83)(H,68,84)(H,75,76)(H,77,78)(H,79,80)(H4,57,65,66,69,85)/t42-,48?/m1/s1. The van der Waals surface area contributed by atoms with Gasteiger partial charge in [0.05, 0.1) is 32.1 Å². The zero-order chi connectivity index (χ0) is 61.9. The first kappa shape index (κ1) is 68.3. The molecular weight excluding hydrogens is 1110 g/mol. The number of nitrogens with zero attached hydrogens (tertiary/aromatic N) is 3. The second-order valence-electron chi connectivity index (χ2n) is 19.4. The lowest BCUT2D eigenvalue weighted by Gasteiger charge is -2.26. The number of carbonyl (C=O) groups is 8. The van der Waals surface area contributed by atoms with E-state index in [0.717, 1.165) is 11.3 Å². The van der Waals surface area contributed by atoms with Crippen LogP contribution in [0.4, 0.5) is 21.9 Å². The van der Waals surface area contributed by atoms with Crippen molar-refractivity contribution in [3.63, 3.8) is 0 Å². The minimum Gasteiger partial charge on any atom is -0.508 e. The van der Waals surface area contributed by atoms with E-state index in [4.69, 9.17) is 10.8 Å². The van der Waals surface area contributed by atoms with E-state index >= 15 is 0 Å². The highest BCUT2D eigenvalue weighted by molar-refractivity contribution is 5.93. The van der Waals surface area contributed by atoms with Crippen molar-refractivity contribution < 1.29 is 58.8 Å². The largest absolute Gasteiger partial charge is 0.508 e. The number of amides is 6. The van der Waals surface area contributed by atoms with Crippen LogP contribution in [0.3, 0.4) is 0 Å². The molecule has 0 radical (unpaired) electrons. The molecule has 0 aliphatic carbocycles. The summed E-state index contributed by atoms with van der Waals surface area (Å²) < 4.78 is 0. The molecule has 29 heteroatoms. The quantitative estimate of drug-likeness (QED) is 0.0102. The van der Waals surface area contributed by atoms with Crippen LogP contribution in [0.25, 0.3) is 0 Å². The van der Waals surface area contributed by atoms with E-state index in [9.17, 15) is 63.3 Å². The molecule has 0 aromatic heterocycles. The number of aromatic hydroxyl groups is 1. The molecule has 4 aromatic carbocycles. The molecule has 462 valence electrons. The van der Waals surface area contributed by atoms with Gasteiger partial charge in [0, 0.05) is 104 Å². The number of benzene rings is 3. The number of aliphatic imine (C=N–C) groups is 1. The van der Waals surface area contributed by atoms with E-state index in [2.05, 4.69) is 63.5 Å². The van der Waals surface area contributed by atoms with E-state index < -0.39 is 58.6 Å². The van der Waals surface area contributed by atoms with Crippen molar-refractivity contribution in [1.82, 2.24) is 52.3 Å². The molecule has 29 nitrogen and oxygen atoms in total. The Balaban J connectivity index is 1.23. The first-order valence-corrected chi connectivity index (χ1v) is 27.8. The first-order valence-electron chi connectivity index (χ1n) is 27.8. The molecule has 0 aliphatic heterocycles. The molecule has 0 saturated carbocycles. The number of carboxylic acid groups (broad SMARTS) is 3. The molecule has 0 heterocycles. The van der Waals surface area contributed by atoms with Gasteiger partial charge in [-0.25, -0.2) is 4.79 Å². The Kier molecular flexibility index (Phi) is 30.4. The van der Waals surface area contributed by atoms with Crippen LogP contribution in [0.1, 0.15) is 55.2 Å². The predicted octanol–water partition coefficient (Wildman–Crippen LogP) is -1.68. The number of hydrogen-bond donors (Lipinski definition) is 16. The van der Waals surface area contributed by atoms with Crippen molar-refractivity contribution in [1.29, 1.82) is 0 Å². The molecule has 2 atom stereocenters. The number of rotatable bonds is 42. The number of urea groups is 1. The number of anilines is 3. The Morgan fingerprint density at radius 2 is 1.12 bits per heavy atom. The fraction of sp³-hybridized carbons (Fsp3) is 0.446. The van der Waals surface area contributed by atoms with Crippen LogP contribution in [-0.2, 0) is 40.1 Å². The van der Waals surface area contributed by atoms with Crippen LogP contribution in [0.15, 0.2) is 93.4 Å². The van der Waals surface area contributed by atoms with Gasteiger partial charge >= 0.3 is 23.9 Å². The summed E-state index contributed by atoms with van der Waals surface area (Å²) in [4.78, 5) is 130. The minimum absolute atomic E-state index is 0.0699. The monoisotopic (exact) mass is 1190 g/mol. The average molecular weight is 1190 g/mol. The summed E-state index contributed by atoms with van der Waals surface area (Å²) in [5.74, 6) is -5.57. The molecule has 1 unspecified atom stereocenters. The second kappa shape index (κ2) is 37.8. The lowest BCUT2D eigenvalue weighted by molar-refractivity contribution is -0.140. The number of nitrogens with one attached hydrogen (secondary N) is 11. The Hall–Kier alpha value is -9.19. The van der Waals surface area contributed by atoms with Crippen LogP contribution >= 0.6 is 0 Å². The number of nitrogens with two attached hydrogens (primary N) is 1. The molecule has 17 N–H and O–H groups in total. The number of carbonyl (C=O) groups excluding carboxylic acids is 5. The van der Waals surface area contributed by atoms with Crippen LogP contribution in [0.2, 0.25) is 0 Å². The van der Waals surface area contributed by atoms with Crippen molar-refractivity contribution in [3.05, 3.63) is 116 Å². The highest BCUT2D eigenvalue weighted by Gasteiger charge is 2.28. The molecular formula is C56H79N15O14. The maximum absolute atomic E-state index is 14.4. The summed E-state index contributed by atoms with van der Waals surface area (Å²) in [5, 5.41) is 68.5. The normalized spacial score (nSPS) is 12.0. The highest BCUT2D eigenvalue weighted by atomic mass is 16.4. The van der Waals surface area contributed by atoms with Crippen LogP contribution in [0, 0.1) is 0 Å². The van der Waals surface area contributed by atoms with Gasteiger partial charge in [-0.2, -0.15) is 4.99 Å². The second-order valence-corrected chi connectivity index (χ2v) is 19.4.